The van der Waals surface area contributed by atoms with Crippen molar-refractivity contribution < 1.29 is 9.13 Å². The molecule has 7 heteroatoms. The number of nitrogens with two attached hydrogens (primary N) is 1. The van der Waals surface area contributed by atoms with Crippen molar-refractivity contribution in [3.8, 4) is 0 Å². The van der Waals surface area contributed by atoms with Crippen LogP contribution in [0.2, 0.25) is 5.02 Å². The fourth-order valence-electron chi connectivity index (χ4n) is 2.44. The zero-order chi connectivity index (χ0) is 14.1. The summed E-state index contributed by atoms with van der Waals surface area (Å²) >= 11 is 5.83. The Morgan fingerprint density at radius 1 is 1.30 bits per heavy atom. The van der Waals surface area contributed by atoms with E-state index in [9.17, 15) is 4.39 Å². The molecule has 3 rings (SSSR count). The van der Waals surface area contributed by atoms with E-state index in [1.54, 1.807) is 6.07 Å². The van der Waals surface area contributed by atoms with Gasteiger partial charge in [0.15, 0.2) is 0 Å². The van der Waals surface area contributed by atoms with Gasteiger partial charge in [0.1, 0.15) is 5.82 Å². The van der Waals surface area contributed by atoms with Crippen LogP contribution >= 0.6 is 11.6 Å². The second-order valence-electron chi connectivity index (χ2n) is 4.83. The molecule has 1 aromatic heterocycles. The number of nitrogens with zero attached hydrogens (tertiary/aromatic N) is 3. The van der Waals surface area contributed by atoms with Crippen LogP contribution in [0.3, 0.4) is 0 Å². The Kier molecular flexibility index (Phi) is 3.78. The molecule has 2 heterocycles. The van der Waals surface area contributed by atoms with Crippen LogP contribution in [0, 0.1) is 5.82 Å². The monoisotopic (exact) mass is 298 g/mol. The molecular weight excluding hydrogens is 283 g/mol. The number of anilines is 1. The molecule has 1 fully saturated rings. The van der Waals surface area contributed by atoms with Gasteiger partial charge in [0.05, 0.1) is 29.3 Å². The van der Waals surface area contributed by atoms with E-state index in [-0.39, 0.29) is 5.02 Å². The number of hydrogen-bond acceptors (Lipinski definition) is 4. The fourth-order valence-corrected chi connectivity index (χ4v) is 2.60. The van der Waals surface area contributed by atoms with Crippen LogP contribution < -0.4 is 5.73 Å². The summed E-state index contributed by atoms with van der Waals surface area (Å²) in [5.74, 6) is -0.0908. The predicted molar refractivity (Wildman–Crippen MR) is 76.4 cm³/mol. The predicted octanol–water partition coefficient (Wildman–Crippen LogP) is 1.74. The minimum Gasteiger partial charge on any atom is -0.379 e. The lowest BCUT2D eigenvalue weighted by Crippen LogP contribution is -2.38. The standard InChI is InChI=1S/C13H16ClFN4O/c14-9-7-12-11(8-10(9)15)17-13(16)19(12)2-1-18-3-5-20-6-4-18/h7-8H,1-6H2,(H2,16,17). The first-order chi connectivity index (χ1) is 9.65. The quantitative estimate of drug-likeness (QED) is 0.938. The molecule has 0 spiro atoms. The highest BCUT2D eigenvalue weighted by Crippen LogP contribution is 2.24. The fraction of sp³-hybridized carbons (Fsp3) is 0.462. The Morgan fingerprint density at radius 2 is 2.05 bits per heavy atom. The van der Waals surface area contributed by atoms with Crippen LogP contribution in [0.1, 0.15) is 0 Å². The van der Waals surface area contributed by atoms with Crippen LogP contribution in [-0.2, 0) is 11.3 Å². The Morgan fingerprint density at radius 3 is 2.80 bits per heavy atom. The van der Waals surface area contributed by atoms with Crippen molar-refractivity contribution in [3.63, 3.8) is 0 Å². The molecule has 0 aliphatic carbocycles. The van der Waals surface area contributed by atoms with Gasteiger partial charge < -0.3 is 15.0 Å². The minimum atomic E-state index is -0.475. The van der Waals surface area contributed by atoms with Gasteiger partial charge in [0.25, 0.3) is 0 Å². The van der Waals surface area contributed by atoms with Gasteiger partial charge in [0, 0.05) is 32.2 Å². The number of rotatable bonds is 3. The van der Waals surface area contributed by atoms with Gasteiger partial charge in [-0.15, -0.1) is 0 Å². The van der Waals surface area contributed by atoms with Crippen molar-refractivity contribution in [2.45, 2.75) is 6.54 Å². The lowest BCUT2D eigenvalue weighted by atomic mass is 10.3. The molecule has 0 saturated carbocycles. The molecule has 0 amide bonds. The number of hydrogen-bond donors (Lipinski definition) is 1. The molecule has 5 nitrogen and oxygen atoms in total. The Bertz CT molecular complexity index is 624. The van der Waals surface area contributed by atoms with Gasteiger partial charge in [-0.05, 0) is 6.07 Å². The highest BCUT2D eigenvalue weighted by molar-refractivity contribution is 6.31. The Balaban J connectivity index is 1.83. The molecule has 1 aromatic carbocycles. The summed E-state index contributed by atoms with van der Waals surface area (Å²) in [6.07, 6.45) is 0. The van der Waals surface area contributed by atoms with Crippen LogP contribution in [0.15, 0.2) is 12.1 Å². The molecule has 0 bridgehead atoms. The highest BCUT2D eigenvalue weighted by atomic mass is 35.5. The van der Waals surface area contributed by atoms with E-state index < -0.39 is 5.82 Å². The summed E-state index contributed by atoms with van der Waals surface area (Å²) in [6.45, 7) is 4.91. The van der Waals surface area contributed by atoms with Crippen LogP contribution in [0.25, 0.3) is 11.0 Å². The summed E-state index contributed by atoms with van der Waals surface area (Å²) in [5.41, 5.74) is 7.21. The van der Waals surface area contributed by atoms with Gasteiger partial charge in [-0.3, -0.25) is 4.90 Å². The molecule has 0 unspecified atom stereocenters. The van der Waals surface area contributed by atoms with Crippen molar-refractivity contribution in [3.05, 3.63) is 23.0 Å². The van der Waals surface area contributed by atoms with Gasteiger partial charge in [-0.1, -0.05) is 11.6 Å². The van der Waals surface area contributed by atoms with Crippen molar-refractivity contribution in [2.75, 3.05) is 38.6 Å². The van der Waals surface area contributed by atoms with E-state index >= 15 is 0 Å². The SMILES string of the molecule is Nc1nc2cc(F)c(Cl)cc2n1CCN1CCOCC1. The number of morpholine rings is 1. The Labute approximate surface area is 121 Å². The van der Waals surface area contributed by atoms with Crippen LogP contribution in [0.4, 0.5) is 10.3 Å². The first-order valence-electron chi connectivity index (χ1n) is 6.56. The zero-order valence-corrected chi connectivity index (χ0v) is 11.7. The third-order valence-corrected chi connectivity index (χ3v) is 3.85. The molecule has 2 N–H and O–H groups in total. The molecule has 1 aliphatic heterocycles. The van der Waals surface area contributed by atoms with Gasteiger partial charge in [-0.25, -0.2) is 9.37 Å². The first kappa shape index (κ1) is 13.6. The largest absolute Gasteiger partial charge is 0.379 e. The molecule has 0 atom stereocenters. The Hall–Kier alpha value is -1.37. The lowest BCUT2D eigenvalue weighted by Gasteiger charge is -2.26. The lowest BCUT2D eigenvalue weighted by molar-refractivity contribution is 0.0366. The van der Waals surface area contributed by atoms with Gasteiger partial charge in [0.2, 0.25) is 5.95 Å². The van der Waals surface area contributed by atoms with Crippen molar-refractivity contribution >= 4 is 28.6 Å². The van der Waals surface area contributed by atoms with Crippen molar-refractivity contribution in [1.82, 2.24) is 14.5 Å². The number of nitrogen functional groups attached to an aromatic ring is 1. The number of halogens is 2. The minimum absolute atomic E-state index is 0.0880. The summed E-state index contributed by atoms with van der Waals surface area (Å²) in [6, 6.07) is 2.90. The average molecular weight is 299 g/mol. The summed E-state index contributed by atoms with van der Waals surface area (Å²) in [5, 5.41) is 0.0880. The normalized spacial score (nSPS) is 16.9. The number of ether oxygens (including phenoxy) is 1. The maximum atomic E-state index is 13.4. The van der Waals surface area contributed by atoms with E-state index in [4.69, 9.17) is 22.1 Å². The van der Waals surface area contributed by atoms with Crippen molar-refractivity contribution in [2.24, 2.45) is 0 Å². The summed E-state index contributed by atoms with van der Waals surface area (Å²) in [7, 11) is 0. The maximum Gasteiger partial charge on any atom is 0.201 e. The second-order valence-corrected chi connectivity index (χ2v) is 5.24. The third kappa shape index (κ3) is 2.59. The summed E-state index contributed by atoms with van der Waals surface area (Å²) in [4.78, 5) is 6.48. The topological polar surface area (TPSA) is 56.3 Å². The molecule has 2 aromatic rings. The van der Waals surface area contributed by atoms with Gasteiger partial charge in [-0.2, -0.15) is 0 Å². The van der Waals surface area contributed by atoms with E-state index in [0.717, 1.165) is 38.4 Å². The van der Waals surface area contributed by atoms with Gasteiger partial charge >= 0.3 is 0 Å². The van der Waals surface area contributed by atoms with Crippen LogP contribution in [-0.4, -0.2) is 47.3 Å². The number of benzene rings is 1. The molecule has 1 aliphatic rings. The number of aromatic nitrogens is 2. The average Bonchev–Trinajstić information content (AvgIpc) is 2.73. The molecule has 108 valence electrons. The molecule has 0 radical (unpaired) electrons. The van der Waals surface area contributed by atoms with E-state index in [1.165, 1.54) is 6.07 Å². The first-order valence-corrected chi connectivity index (χ1v) is 6.94. The molecule has 20 heavy (non-hydrogen) atoms. The van der Waals surface area contributed by atoms with E-state index in [0.29, 0.717) is 18.0 Å². The zero-order valence-electron chi connectivity index (χ0n) is 11.0. The second kappa shape index (κ2) is 5.55. The summed E-state index contributed by atoms with van der Waals surface area (Å²) < 4.78 is 20.6. The number of imidazole rings is 1. The van der Waals surface area contributed by atoms with Crippen molar-refractivity contribution in [1.29, 1.82) is 0 Å². The smallest absolute Gasteiger partial charge is 0.201 e. The van der Waals surface area contributed by atoms with Crippen LogP contribution in [0.5, 0.6) is 0 Å². The highest BCUT2D eigenvalue weighted by Gasteiger charge is 2.14. The van der Waals surface area contributed by atoms with E-state index in [2.05, 4.69) is 9.88 Å². The third-order valence-electron chi connectivity index (χ3n) is 3.56. The maximum absolute atomic E-state index is 13.4. The number of fused-ring (bicyclic) bond motifs is 1. The molecular formula is C13H16ClFN4O. The molecule has 1 saturated heterocycles. The van der Waals surface area contributed by atoms with E-state index in [1.807, 2.05) is 4.57 Å².